The first-order valence-electron chi connectivity index (χ1n) is 11.9. The summed E-state index contributed by atoms with van der Waals surface area (Å²) in [6, 6.07) is 3.29. The summed E-state index contributed by atoms with van der Waals surface area (Å²) in [6.07, 6.45) is 10.2. The van der Waals surface area contributed by atoms with Crippen LogP contribution in [0, 0.1) is 23.1 Å². The number of allylic oxidation sites excluding steroid dienone is 2. The highest BCUT2D eigenvalue weighted by atomic mass is 19.1. The highest BCUT2D eigenvalue weighted by Gasteiger charge is 2.41. The van der Waals surface area contributed by atoms with Crippen molar-refractivity contribution in [2.45, 2.75) is 64.7 Å². The van der Waals surface area contributed by atoms with Gasteiger partial charge >= 0.3 is 0 Å². The van der Waals surface area contributed by atoms with E-state index in [4.69, 9.17) is 14.6 Å². The average molecular weight is 444 g/mol. The second-order valence-corrected chi connectivity index (χ2v) is 10.4. The molecule has 1 saturated heterocycles. The lowest BCUT2D eigenvalue weighted by Gasteiger charge is -2.36. The highest BCUT2D eigenvalue weighted by Crippen LogP contribution is 2.51. The monoisotopic (exact) mass is 443 g/mol. The Labute approximate surface area is 189 Å². The van der Waals surface area contributed by atoms with E-state index in [9.17, 15) is 9.18 Å². The van der Waals surface area contributed by atoms with Gasteiger partial charge in [-0.1, -0.05) is 25.5 Å². The van der Waals surface area contributed by atoms with Gasteiger partial charge < -0.3 is 14.7 Å². The van der Waals surface area contributed by atoms with Crippen LogP contribution in [0.2, 0.25) is 0 Å². The molecule has 5 rings (SSSR count). The van der Waals surface area contributed by atoms with Gasteiger partial charge in [-0.3, -0.25) is 9.59 Å². The van der Waals surface area contributed by atoms with Gasteiger partial charge in [0.1, 0.15) is 11.6 Å². The minimum Gasteiger partial charge on any atom is -0.493 e. The van der Waals surface area contributed by atoms with Crippen molar-refractivity contribution in [1.82, 2.24) is 4.90 Å². The number of benzene rings is 1. The van der Waals surface area contributed by atoms with E-state index < -0.39 is 5.82 Å². The lowest BCUT2D eigenvalue weighted by molar-refractivity contribution is -0.122. The third-order valence-corrected chi connectivity index (χ3v) is 7.41. The van der Waals surface area contributed by atoms with Crippen molar-refractivity contribution >= 4 is 12.4 Å². The van der Waals surface area contributed by atoms with Gasteiger partial charge in [0.15, 0.2) is 0 Å². The van der Waals surface area contributed by atoms with Crippen LogP contribution in [0.15, 0.2) is 23.8 Å². The quantitative estimate of drug-likeness (QED) is 0.489. The van der Waals surface area contributed by atoms with E-state index in [0.29, 0.717) is 30.1 Å². The first-order valence-corrected chi connectivity index (χ1v) is 11.9. The zero-order chi connectivity index (χ0) is 22.9. The van der Waals surface area contributed by atoms with Crippen LogP contribution >= 0.6 is 0 Å². The van der Waals surface area contributed by atoms with Crippen LogP contribution in [-0.2, 0) is 4.79 Å². The summed E-state index contributed by atoms with van der Waals surface area (Å²) in [4.78, 5) is 23.1. The first kappa shape index (κ1) is 22.8. The topological polar surface area (TPSA) is 66.8 Å². The Morgan fingerprint density at radius 1 is 1.28 bits per heavy atom. The van der Waals surface area contributed by atoms with Crippen molar-refractivity contribution in [3.05, 3.63) is 40.7 Å². The molecule has 6 heteroatoms. The number of nitrogens with zero attached hydrogens (tertiary/aromatic N) is 1. The van der Waals surface area contributed by atoms with Crippen molar-refractivity contribution in [1.29, 1.82) is 0 Å². The van der Waals surface area contributed by atoms with Crippen molar-refractivity contribution in [2.24, 2.45) is 17.3 Å². The van der Waals surface area contributed by atoms with Crippen molar-refractivity contribution in [3.63, 3.8) is 0 Å². The molecule has 1 aromatic carbocycles. The summed E-state index contributed by atoms with van der Waals surface area (Å²) < 4.78 is 21.3. The number of amides is 1. The Morgan fingerprint density at radius 3 is 2.69 bits per heavy atom. The SMILES string of the molecule is CC1CCN(C(=O)c2cc(C3CC3)c(OCC34CC=C(CC(C)C3)C4)cc2F)C1.O=CO. The fraction of sp³-hybridized carbons (Fsp3) is 0.615. The predicted molar refractivity (Wildman–Crippen MR) is 120 cm³/mol. The fourth-order valence-corrected chi connectivity index (χ4v) is 5.82. The largest absolute Gasteiger partial charge is 0.493 e. The van der Waals surface area contributed by atoms with Crippen LogP contribution in [0.4, 0.5) is 4.39 Å². The summed E-state index contributed by atoms with van der Waals surface area (Å²) in [6.45, 7) is 6.32. The molecule has 1 N–H and O–H groups in total. The summed E-state index contributed by atoms with van der Waals surface area (Å²) in [7, 11) is 0. The molecule has 4 aliphatic rings. The molecular weight excluding hydrogens is 409 g/mol. The number of halogens is 1. The number of carbonyl (C=O) groups excluding carboxylic acids is 1. The van der Waals surface area contributed by atoms with Crippen LogP contribution in [0.1, 0.15) is 80.6 Å². The summed E-state index contributed by atoms with van der Waals surface area (Å²) in [5.41, 5.74) is 3.02. The molecule has 1 aromatic rings. The molecule has 1 heterocycles. The molecule has 3 unspecified atom stereocenters. The van der Waals surface area contributed by atoms with Crippen molar-refractivity contribution in [2.75, 3.05) is 19.7 Å². The Kier molecular flexibility index (Phi) is 6.59. The molecule has 0 spiro atoms. The van der Waals surface area contributed by atoms with Crippen LogP contribution < -0.4 is 4.74 Å². The summed E-state index contributed by atoms with van der Waals surface area (Å²) in [5.74, 6) is 1.67. The zero-order valence-corrected chi connectivity index (χ0v) is 19.1. The number of fused-ring (bicyclic) bond motifs is 2. The van der Waals surface area contributed by atoms with Gasteiger partial charge in [-0.15, -0.1) is 0 Å². The zero-order valence-electron chi connectivity index (χ0n) is 19.1. The Hall–Kier alpha value is -2.37. The molecule has 2 bridgehead atoms. The molecule has 2 saturated carbocycles. The number of carbonyl (C=O) groups is 2. The second-order valence-electron chi connectivity index (χ2n) is 10.4. The van der Waals surface area contributed by atoms with Gasteiger partial charge in [0, 0.05) is 24.6 Å². The molecule has 1 amide bonds. The first-order chi connectivity index (χ1) is 15.3. The predicted octanol–water partition coefficient (Wildman–Crippen LogP) is 5.40. The molecule has 5 nitrogen and oxygen atoms in total. The van der Waals surface area contributed by atoms with Gasteiger partial charge in [-0.25, -0.2) is 4.39 Å². The van der Waals surface area contributed by atoms with Crippen molar-refractivity contribution < 1.29 is 23.8 Å². The molecule has 0 aromatic heterocycles. The van der Waals surface area contributed by atoms with Gasteiger partial charge in [-0.2, -0.15) is 0 Å². The molecule has 3 aliphatic carbocycles. The van der Waals surface area contributed by atoms with Crippen LogP contribution in [-0.4, -0.2) is 42.1 Å². The van der Waals surface area contributed by atoms with E-state index in [1.807, 2.05) is 0 Å². The number of rotatable bonds is 5. The van der Waals surface area contributed by atoms with E-state index in [1.54, 1.807) is 16.5 Å². The third-order valence-electron chi connectivity index (χ3n) is 7.41. The summed E-state index contributed by atoms with van der Waals surface area (Å²) >= 11 is 0. The number of ether oxygens (including phenoxy) is 1. The maximum atomic E-state index is 15.0. The number of likely N-dealkylation sites (tertiary alicyclic amines) is 1. The van der Waals surface area contributed by atoms with Gasteiger partial charge in [0.05, 0.1) is 12.2 Å². The maximum absolute atomic E-state index is 15.0. The third kappa shape index (κ3) is 4.84. The second kappa shape index (κ2) is 9.24. The van der Waals surface area contributed by atoms with E-state index in [0.717, 1.165) is 50.8 Å². The molecule has 1 aliphatic heterocycles. The van der Waals surface area contributed by atoms with E-state index in [-0.39, 0.29) is 23.4 Å². The highest BCUT2D eigenvalue weighted by molar-refractivity contribution is 5.95. The fourth-order valence-electron chi connectivity index (χ4n) is 5.82. The van der Waals surface area contributed by atoms with E-state index in [1.165, 1.54) is 18.9 Å². The molecule has 32 heavy (non-hydrogen) atoms. The Bertz CT molecular complexity index is 909. The number of hydrogen-bond acceptors (Lipinski definition) is 3. The van der Waals surface area contributed by atoms with E-state index in [2.05, 4.69) is 19.9 Å². The molecule has 3 fully saturated rings. The standard InChI is InChI=1S/C25H32FNO2.CH2O2/c1-16-6-8-27(14-16)24(28)21-10-20(19-3-4-19)23(11-22(21)26)29-15-25-7-5-18(13-25)9-17(2)12-25;2-1-3/h5,10-11,16-17,19H,3-4,6-9,12-15H2,1-2H3;1H,(H,2,3). The van der Waals surface area contributed by atoms with Gasteiger partial charge in [-0.05, 0) is 74.3 Å². The molecular formula is C26H34FNO4. The lowest BCUT2D eigenvalue weighted by atomic mass is 9.72. The smallest absolute Gasteiger partial charge is 0.290 e. The Morgan fingerprint density at radius 2 is 2.03 bits per heavy atom. The van der Waals surface area contributed by atoms with Crippen LogP contribution in [0.3, 0.4) is 0 Å². The van der Waals surface area contributed by atoms with Crippen LogP contribution in [0.25, 0.3) is 0 Å². The maximum Gasteiger partial charge on any atom is 0.290 e. The number of hydrogen-bond donors (Lipinski definition) is 1. The number of carboxylic acid groups (broad SMARTS) is 1. The lowest BCUT2D eigenvalue weighted by Crippen LogP contribution is -2.31. The van der Waals surface area contributed by atoms with Gasteiger partial charge in [0.2, 0.25) is 0 Å². The molecule has 3 atom stereocenters. The molecule has 174 valence electrons. The average Bonchev–Trinajstić information content (AvgIpc) is 3.43. The minimum absolute atomic E-state index is 0.162. The van der Waals surface area contributed by atoms with Crippen LogP contribution in [0.5, 0.6) is 5.75 Å². The van der Waals surface area contributed by atoms with Crippen molar-refractivity contribution in [3.8, 4) is 5.75 Å². The normalized spacial score (nSPS) is 28.6. The minimum atomic E-state index is -0.436. The summed E-state index contributed by atoms with van der Waals surface area (Å²) in [5, 5.41) is 6.89. The Balaban J connectivity index is 0.000000775. The van der Waals surface area contributed by atoms with E-state index >= 15 is 0 Å². The molecule has 0 radical (unpaired) electrons. The van der Waals surface area contributed by atoms with Gasteiger partial charge in [0.25, 0.3) is 12.4 Å².